The van der Waals surface area contributed by atoms with E-state index in [2.05, 4.69) is 32.0 Å². The van der Waals surface area contributed by atoms with Crippen LogP contribution in [0.3, 0.4) is 0 Å². The highest BCUT2D eigenvalue weighted by atomic mass is 32.2. The Hall–Kier alpha value is -1.49. The molecule has 0 unspecified atom stereocenters. The normalized spacial score (nSPS) is 15.4. The Labute approximate surface area is 156 Å². The lowest BCUT2D eigenvalue weighted by molar-refractivity contribution is -0.144. The Bertz CT molecular complexity index is 629. The molecular weight excluding hydrogens is 332 g/mol. The molecule has 1 aromatic carbocycles. The molecular formula is C20H30N2O2S. The standard InChI is InChI=1S/C20H30N2O2S/c1-15-6-7-17(14-16(15)2)25-13-8-18(23)21-9-11-22(12-10-21)19(24)20(3,4)5/h6-7,14H,8-13H2,1-5H3. The zero-order chi connectivity index (χ0) is 18.6. The summed E-state index contributed by atoms with van der Waals surface area (Å²) in [6.45, 7) is 12.6. The van der Waals surface area contributed by atoms with Crippen LogP contribution in [0, 0.1) is 19.3 Å². The van der Waals surface area contributed by atoms with Crippen molar-refractivity contribution in [3.63, 3.8) is 0 Å². The highest BCUT2D eigenvalue weighted by Crippen LogP contribution is 2.22. The second-order valence-electron chi connectivity index (χ2n) is 7.77. The Kier molecular flexibility index (Phi) is 6.55. The fraction of sp³-hybridized carbons (Fsp3) is 0.600. The van der Waals surface area contributed by atoms with E-state index in [0.29, 0.717) is 32.6 Å². The maximum absolute atomic E-state index is 12.4. The van der Waals surface area contributed by atoms with Gasteiger partial charge in [-0.15, -0.1) is 11.8 Å². The number of benzene rings is 1. The van der Waals surface area contributed by atoms with Crippen LogP contribution in [0.1, 0.15) is 38.3 Å². The number of carbonyl (C=O) groups is 2. The number of amides is 2. The van der Waals surface area contributed by atoms with Gasteiger partial charge in [0, 0.05) is 48.7 Å². The van der Waals surface area contributed by atoms with Crippen molar-refractivity contribution in [2.24, 2.45) is 5.41 Å². The predicted molar refractivity (Wildman–Crippen MR) is 104 cm³/mol. The van der Waals surface area contributed by atoms with Gasteiger partial charge in [-0.3, -0.25) is 9.59 Å². The minimum atomic E-state index is -0.352. The lowest BCUT2D eigenvalue weighted by Gasteiger charge is -2.37. The zero-order valence-corrected chi connectivity index (χ0v) is 16.9. The van der Waals surface area contributed by atoms with E-state index in [0.717, 1.165) is 5.75 Å². The van der Waals surface area contributed by atoms with E-state index in [1.165, 1.54) is 16.0 Å². The van der Waals surface area contributed by atoms with Crippen molar-refractivity contribution in [1.82, 2.24) is 9.80 Å². The molecule has 1 aliphatic heterocycles. The van der Waals surface area contributed by atoms with Crippen LogP contribution in [0.15, 0.2) is 23.1 Å². The van der Waals surface area contributed by atoms with E-state index < -0.39 is 0 Å². The third kappa shape index (κ3) is 5.50. The van der Waals surface area contributed by atoms with Crippen molar-refractivity contribution in [3.8, 4) is 0 Å². The smallest absolute Gasteiger partial charge is 0.228 e. The Balaban J connectivity index is 1.75. The van der Waals surface area contributed by atoms with Gasteiger partial charge in [-0.2, -0.15) is 0 Å². The maximum atomic E-state index is 12.4. The van der Waals surface area contributed by atoms with Crippen LogP contribution in [0.4, 0.5) is 0 Å². The van der Waals surface area contributed by atoms with E-state index in [1.54, 1.807) is 11.8 Å². The quantitative estimate of drug-likeness (QED) is 0.770. The summed E-state index contributed by atoms with van der Waals surface area (Å²) >= 11 is 1.73. The van der Waals surface area contributed by atoms with Gasteiger partial charge in [0.2, 0.25) is 11.8 Å². The average Bonchev–Trinajstić information content (AvgIpc) is 2.56. The van der Waals surface area contributed by atoms with Gasteiger partial charge in [0.05, 0.1) is 0 Å². The number of nitrogens with zero attached hydrogens (tertiary/aromatic N) is 2. The zero-order valence-electron chi connectivity index (χ0n) is 16.1. The molecule has 2 rings (SSSR count). The molecule has 2 amide bonds. The number of aryl methyl sites for hydroxylation is 2. The molecule has 0 atom stereocenters. The van der Waals surface area contributed by atoms with Crippen LogP contribution < -0.4 is 0 Å². The third-order valence-electron chi connectivity index (χ3n) is 4.62. The van der Waals surface area contributed by atoms with Gasteiger partial charge >= 0.3 is 0 Å². The molecule has 0 N–H and O–H groups in total. The van der Waals surface area contributed by atoms with Crippen molar-refractivity contribution in [2.75, 3.05) is 31.9 Å². The Morgan fingerprint density at radius 2 is 1.60 bits per heavy atom. The van der Waals surface area contributed by atoms with Gasteiger partial charge in [-0.1, -0.05) is 26.8 Å². The van der Waals surface area contributed by atoms with E-state index in [4.69, 9.17) is 0 Å². The molecule has 0 aromatic heterocycles. The molecule has 1 fully saturated rings. The number of hydrogen-bond donors (Lipinski definition) is 0. The van der Waals surface area contributed by atoms with Gasteiger partial charge in [-0.25, -0.2) is 0 Å². The second-order valence-corrected chi connectivity index (χ2v) is 8.94. The molecule has 0 radical (unpaired) electrons. The average molecular weight is 363 g/mol. The summed E-state index contributed by atoms with van der Waals surface area (Å²) < 4.78 is 0. The molecule has 1 saturated heterocycles. The van der Waals surface area contributed by atoms with E-state index >= 15 is 0 Å². The predicted octanol–water partition coefficient (Wildman–Crippen LogP) is 3.50. The van der Waals surface area contributed by atoms with Crippen LogP contribution in [-0.4, -0.2) is 53.5 Å². The summed E-state index contributed by atoms with van der Waals surface area (Å²) in [5.74, 6) is 1.16. The van der Waals surface area contributed by atoms with Gasteiger partial charge in [0.1, 0.15) is 0 Å². The first-order chi connectivity index (χ1) is 11.7. The van der Waals surface area contributed by atoms with Gasteiger partial charge in [0.15, 0.2) is 0 Å². The number of hydrogen-bond acceptors (Lipinski definition) is 3. The summed E-state index contributed by atoms with van der Waals surface area (Å²) in [5.41, 5.74) is 2.23. The van der Waals surface area contributed by atoms with Crippen LogP contribution in [0.25, 0.3) is 0 Å². The number of rotatable bonds is 4. The van der Waals surface area contributed by atoms with E-state index in [1.807, 2.05) is 30.6 Å². The number of piperazine rings is 1. The molecule has 4 nitrogen and oxygen atoms in total. The first-order valence-corrected chi connectivity index (χ1v) is 9.94. The summed E-state index contributed by atoms with van der Waals surface area (Å²) in [5, 5.41) is 0. The third-order valence-corrected chi connectivity index (χ3v) is 5.62. The van der Waals surface area contributed by atoms with Gasteiger partial charge in [-0.05, 0) is 37.1 Å². The first-order valence-electron chi connectivity index (χ1n) is 8.95. The van der Waals surface area contributed by atoms with Crippen LogP contribution >= 0.6 is 11.8 Å². The van der Waals surface area contributed by atoms with Crippen molar-refractivity contribution in [2.45, 2.75) is 45.9 Å². The highest BCUT2D eigenvalue weighted by Gasteiger charge is 2.30. The van der Waals surface area contributed by atoms with Crippen molar-refractivity contribution in [3.05, 3.63) is 29.3 Å². The molecule has 1 heterocycles. The topological polar surface area (TPSA) is 40.6 Å². The summed E-state index contributed by atoms with van der Waals surface area (Å²) in [7, 11) is 0. The first kappa shape index (κ1) is 19.8. The largest absolute Gasteiger partial charge is 0.339 e. The minimum Gasteiger partial charge on any atom is -0.339 e. The van der Waals surface area contributed by atoms with Crippen molar-refractivity contribution < 1.29 is 9.59 Å². The summed E-state index contributed by atoms with van der Waals surface area (Å²) in [6.07, 6.45) is 0.546. The molecule has 0 bridgehead atoms. The second kappa shape index (κ2) is 8.26. The molecule has 5 heteroatoms. The molecule has 0 aliphatic carbocycles. The van der Waals surface area contributed by atoms with E-state index in [9.17, 15) is 9.59 Å². The van der Waals surface area contributed by atoms with Crippen LogP contribution in [-0.2, 0) is 9.59 Å². The fourth-order valence-electron chi connectivity index (χ4n) is 2.85. The maximum Gasteiger partial charge on any atom is 0.228 e. The molecule has 1 aromatic rings. The molecule has 0 saturated carbocycles. The number of thioether (sulfide) groups is 1. The summed E-state index contributed by atoms with van der Waals surface area (Å²) in [4.78, 5) is 29.7. The van der Waals surface area contributed by atoms with E-state index in [-0.39, 0.29) is 17.2 Å². The minimum absolute atomic E-state index is 0.171. The molecule has 0 spiro atoms. The van der Waals surface area contributed by atoms with Crippen LogP contribution in [0.2, 0.25) is 0 Å². The molecule has 25 heavy (non-hydrogen) atoms. The molecule has 1 aliphatic rings. The van der Waals surface area contributed by atoms with Gasteiger partial charge in [0.25, 0.3) is 0 Å². The Morgan fingerprint density at radius 3 is 2.16 bits per heavy atom. The monoisotopic (exact) mass is 362 g/mol. The molecule has 138 valence electrons. The fourth-order valence-corrected chi connectivity index (χ4v) is 3.79. The summed E-state index contributed by atoms with van der Waals surface area (Å²) in [6, 6.07) is 6.43. The Morgan fingerprint density at radius 1 is 1.00 bits per heavy atom. The highest BCUT2D eigenvalue weighted by molar-refractivity contribution is 7.99. The van der Waals surface area contributed by atoms with Crippen LogP contribution in [0.5, 0.6) is 0 Å². The number of carbonyl (C=O) groups excluding carboxylic acids is 2. The SMILES string of the molecule is Cc1ccc(SCCC(=O)N2CCN(C(=O)C(C)(C)C)CC2)cc1C. The van der Waals surface area contributed by atoms with Crippen molar-refractivity contribution in [1.29, 1.82) is 0 Å². The lowest BCUT2D eigenvalue weighted by Crippen LogP contribution is -2.53. The van der Waals surface area contributed by atoms with Crippen molar-refractivity contribution >= 4 is 23.6 Å². The van der Waals surface area contributed by atoms with Gasteiger partial charge < -0.3 is 9.80 Å². The lowest BCUT2D eigenvalue weighted by atomic mass is 9.94.